The van der Waals surface area contributed by atoms with Gasteiger partial charge in [-0.2, -0.15) is 0 Å². The van der Waals surface area contributed by atoms with Gasteiger partial charge in [-0.25, -0.2) is 4.98 Å². The van der Waals surface area contributed by atoms with Gasteiger partial charge in [-0.1, -0.05) is 47.5 Å². The van der Waals surface area contributed by atoms with Gasteiger partial charge in [0.05, 0.1) is 6.54 Å². The second kappa shape index (κ2) is 9.88. The molecule has 1 aromatic heterocycles. The standard InChI is InChI=1S/C24H24Cl2N2O3/c25-19-6-3-16(4-7-19)23(30)18-5-8-22(17(14-18)10-13-29)28-12-9-20(15-28)31-24-21(26)2-1-11-27-24/h1-8,11,14,20,23,29-30H,9-10,12-13,15H2/t20-,23?/m0/s1. The Bertz CT molecular complexity index is 1030. The van der Waals surface area contributed by atoms with Gasteiger partial charge in [0.15, 0.2) is 0 Å². The zero-order chi connectivity index (χ0) is 21.8. The van der Waals surface area contributed by atoms with Gasteiger partial charge in [0.2, 0.25) is 5.88 Å². The normalized spacial score (nSPS) is 17.0. The largest absolute Gasteiger partial charge is 0.471 e. The van der Waals surface area contributed by atoms with E-state index in [0.29, 0.717) is 28.9 Å². The Morgan fingerprint density at radius 3 is 2.61 bits per heavy atom. The number of halogens is 2. The lowest BCUT2D eigenvalue weighted by Gasteiger charge is -2.24. The minimum absolute atomic E-state index is 0.0197. The van der Waals surface area contributed by atoms with Crippen molar-refractivity contribution in [2.45, 2.75) is 25.0 Å². The van der Waals surface area contributed by atoms with Gasteiger partial charge in [-0.3, -0.25) is 0 Å². The number of aliphatic hydroxyl groups excluding tert-OH is 2. The third-order valence-electron chi connectivity index (χ3n) is 5.47. The zero-order valence-corrected chi connectivity index (χ0v) is 18.4. The van der Waals surface area contributed by atoms with E-state index in [4.69, 9.17) is 27.9 Å². The molecule has 0 amide bonds. The summed E-state index contributed by atoms with van der Waals surface area (Å²) in [4.78, 5) is 6.45. The molecule has 162 valence electrons. The van der Waals surface area contributed by atoms with E-state index in [9.17, 15) is 10.2 Å². The van der Waals surface area contributed by atoms with Crippen molar-refractivity contribution in [2.75, 3.05) is 24.6 Å². The summed E-state index contributed by atoms with van der Waals surface area (Å²) < 4.78 is 6.00. The van der Waals surface area contributed by atoms with Gasteiger partial charge in [-0.05, 0) is 53.4 Å². The highest BCUT2D eigenvalue weighted by Gasteiger charge is 2.27. The molecule has 1 aliphatic rings. The Morgan fingerprint density at radius 1 is 1.10 bits per heavy atom. The van der Waals surface area contributed by atoms with Crippen LogP contribution in [-0.4, -0.2) is 41.0 Å². The minimum Gasteiger partial charge on any atom is -0.471 e. The number of benzene rings is 2. The number of aliphatic hydroxyl groups is 2. The van der Waals surface area contributed by atoms with Crippen molar-refractivity contribution in [1.29, 1.82) is 0 Å². The lowest BCUT2D eigenvalue weighted by molar-refractivity contribution is 0.216. The molecular weight excluding hydrogens is 435 g/mol. The molecule has 31 heavy (non-hydrogen) atoms. The Kier molecular flexibility index (Phi) is 6.98. The molecule has 2 heterocycles. The number of aromatic nitrogens is 1. The van der Waals surface area contributed by atoms with Crippen molar-refractivity contribution < 1.29 is 14.9 Å². The molecule has 4 rings (SSSR count). The Labute approximate surface area is 191 Å². The molecule has 3 aromatic rings. The lowest BCUT2D eigenvalue weighted by Crippen LogP contribution is -2.26. The quantitative estimate of drug-likeness (QED) is 0.538. The molecule has 1 aliphatic heterocycles. The highest BCUT2D eigenvalue weighted by Crippen LogP contribution is 2.32. The number of anilines is 1. The van der Waals surface area contributed by atoms with Crippen LogP contribution in [0.25, 0.3) is 0 Å². The van der Waals surface area contributed by atoms with E-state index >= 15 is 0 Å². The molecule has 1 saturated heterocycles. The second-order valence-electron chi connectivity index (χ2n) is 7.58. The van der Waals surface area contributed by atoms with E-state index in [-0.39, 0.29) is 12.7 Å². The third-order valence-corrected chi connectivity index (χ3v) is 6.01. The van der Waals surface area contributed by atoms with Gasteiger partial charge in [0, 0.05) is 36.5 Å². The van der Waals surface area contributed by atoms with E-state index in [1.807, 2.05) is 30.3 Å². The molecule has 5 nitrogen and oxygen atoms in total. The number of hydrogen-bond donors (Lipinski definition) is 2. The van der Waals surface area contributed by atoms with Crippen LogP contribution in [0.3, 0.4) is 0 Å². The predicted molar refractivity (Wildman–Crippen MR) is 123 cm³/mol. The van der Waals surface area contributed by atoms with E-state index < -0.39 is 6.10 Å². The van der Waals surface area contributed by atoms with Crippen LogP contribution in [0, 0.1) is 0 Å². The van der Waals surface area contributed by atoms with Crippen LogP contribution in [0.2, 0.25) is 10.0 Å². The number of pyridine rings is 1. The molecule has 2 N–H and O–H groups in total. The molecule has 0 saturated carbocycles. The maximum atomic E-state index is 10.8. The van der Waals surface area contributed by atoms with Gasteiger partial charge < -0.3 is 19.8 Å². The molecule has 0 radical (unpaired) electrons. The Balaban J connectivity index is 1.51. The van der Waals surface area contributed by atoms with Crippen molar-refractivity contribution in [1.82, 2.24) is 4.98 Å². The highest BCUT2D eigenvalue weighted by molar-refractivity contribution is 6.31. The summed E-state index contributed by atoms with van der Waals surface area (Å²) in [7, 11) is 0. The summed E-state index contributed by atoms with van der Waals surface area (Å²) in [5.74, 6) is 0.452. The van der Waals surface area contributed by atoms with Gasteiger partial charge >= 0.3 is 0 Å². The third kappa shape index (κ3) is 5.13. The van der Waals surface area contributed by atoms with Crippen molar-refractivity contribution in [3.8, 4) is 5.88 Å². The van der Waals surface area contributed by atoms with Crippen LogP contribution in [0.4, 0.5) is 5.69 Å². The van der Waals surface area contributed by atoms with Crippen LogP contribution in [0.15, 0.2) is 60.8 Å². The first-order valence-corrected chi connectivity index (χ1v) is 11.0. The predicted octanol–water partition coefficient (Wildman–Crippen LogP) is 4.66. The van der Waals surface area contributed by atoms with Crippen LogP contribution in [0.1, 0.15) is 29.2 Å². The maximum absolute atomic E-state index is 10.8. The number of ether oxygens (including phenoxy) is 1. The minimum atomic E-state index is -0.760. The first-order chi connectivity index (χ1) is 15.0. The van der Waals surface area contributed by atoms with E-state index in [1.165, 1.54) is 0 Å². The Hall–Kier alpha value is -2.31. The number of nitrogens with zero attached hydrogens (tertiary/aromatic N) is 2. The van der Waals surface area contributed by atoms with Crippen LogP contribution >= 0.6 is 23.2 Å². The average Bonchev–Trinajstić information content (AvgIpc) is 3.24. The fraction of sp³-hybridized carbons (Fsp3) is 0.292. The summed E-state index contributed by atoms with van der Waals surface area (Å²) in [5.41, 5.74) is 3.58. The van der Waals surface area contributed by atoms with Crippen molar-refractivity contribution in [3.63, 3.8) is 0 Å². The van der Waals surface area contributed by atoms with Gasteiger partial charge in [0.25, 0.3) is 0 Å². The van der Waals surface area contributed by atoms with Crippen LogP contribution in [-0.2, 0) is 6.42 Å². The molecule has 1 fully saturated rings. The first-order valence-electron chi connectivity index (χ1n) is 10.2. The Morgan fingerprint density at radius 2 is 1.87 bits per heavy atom. The molecule has 0 aliphatic carbocycles. The fourth-order valence-electron chi connectivity index (χ4n) is 3.90. The molecule has 2 atom stereocenters. The SMILES string of the molecule is OCCc1cc(C(O)c2ccc(Cl)cc2)ccc1N1CC[C@H](Oc2ncccc2Cl)C1. The topological polar surface area (TPSA) is 65.8 Å². The summed E-state index contributed by atoms with van der Waals surface area (Å²) in [6.07, 6.45) is 2.24. The van der Waals surface area contributed by atoms with E-state index in [1.54, 1.807) is 30.5 Å². The zero-order valence-electron chi connectivity index (χ0n) is 16.9. The number of rotatable bonds is 7. The molecular formula is C24H24Cl2N2O3. The number of hydrogen-bond acceptors (Lipinski definition) is 5. The highest BCUT2D eigenvalue weighted by atomic mass is 35.5. The van der Waals surface area contributed by atoms with E-state index in [2.05, 4.69) is 9.88 Å². The van der Waals surface area contributed by atoms with E-state index in [0.717, 1.165) is 35.3 Å². The van der Waals surface area contributed by atoms with Crippen molar-refractivity contribution in [2.24, 2.45) is 0 Å². The fourth-order valence-corrected chi connectivity index (χ4v) is 4.19. The molecule has 1 unspecified atom stereocenters. The van der Waals surface area contributed by atoms with Crippen LogP contribution < -0.4 is 9.64 Å². The maximum Gasteiger partial charge on any atom is 0.232 e. The average molecular weight is 459 g/mol. The molecule has 2 aromatic carbocycles. The van der Waals surface area contributed by atoms with Gasteiger partial charge in [-0.15, -0.1) is 0 Å². The molecule has 0 spiro atoms. The molecule has 0 bridgehead atoms. The lowest BCUT2D eigenvalue weighted by atomic mass is 9.97. The molecule has 7 heteroatoms. The monoisotopic (exact) mass is 458 g/mol. The first kappa shape index (κ1) is 21.9. The van der Waals surface area contributed by atoms with Crippen LogP contribution in [0.5, 0.6) is 5.88 Å². The summed E-state index contributed by atoms with van der Waals surface area (Å²) in [6.45, 7) is 1.56. The summed E-state index contributed by atoms with van der Waals surface area (Å²) in [5, 5.41) is 21.5. The second-order valence-corrected chi connectivity index (χ2v) is 8.42. The smallest absolute Gasteiger partial charge is 0.232 e. The summed E-state index contributed by atoms with van der Waals surface area (Å²) >= 11 is 12.1. The summed E-state index contributed by atoms with van der Waals surface area (Å²) in [6, 6.07) is 16.6. The van der Waals surface area contributed by atoms with Crippen molar-refractivity contribution in [3.05, 3.63) is 87.5 Å². The van der Waals surface area contributed by atoms with Crippen molar-refractivity contribution >= 4 is 28.9 Å². The van der Waals surface area contributed by atoms with Gasteiger partial charge in [0.1, 0.15) is 17.2 Å².